The maximum absolute atomic E-state index is 11.8. The Morgan fingerprint density at radius 2 is 2.23 bits per heavy atom. The van der Waals surface area contributed by atoms with Crippen LogP contribution in [0.25, 0.3) is 11.1 Å². The Hall–Kier alpha value is -2.08. The van der Waals surface area contributed by atoms with Crippen LogP contribution in [0, 0.1) is 5.92 Å². The summed E-state index contributed by atoms with van der Waals surface area (Å²) in [5.74, 6) is 0.0850. The van der Waals surface area contributed by atoms with Gasteiger partial charge in [0.1, 0.15) is 0 Å². The molecule has 0 aliphatic carbocycles. The van der Waals surface area contributed by atoms with E-state index in [9.17, 15) is 9.59 Å². The average Bonchev–Trinajstić information content (AvgIpc) is 3.13. The first-order valence-electron chi connectivity index (χ1n) is 7.67. The van der Waals surface area contributed by atoms with E-state index in [1.165, 1.54) is 0 Å². The van der Waals surface area contributed by atoms with Crippen LogP contribution in [0.2, 0.25) is 0 Å². The van der Waals surface area contributed by atoms with E-state index in [0.717, 1.165) is 25.2 Å². The molecule has 0 unspecified atom stereocenters. The Morgan fingerprint density at radius 3 is 3.05 bits per heavy atom. The zero-order chi connectivity index (χ0) is 15.4. The number of hydrogen-bond acceptors (Lipinski definition) is 4. The first-order chi connectivity index (χ1) is 10.7. The van der Waals surface area contributed by atoms with Crippen molar-refractivity contribution in [2.24, 2.45) is 5.92 Å². The summed E-state index contributed by atoms with van der Waals surface area (Å²) in [5, 5.41) is 2.93. The standard InChI is InChI=1S/C16H20N2O4/c19-15(17-10-12-7-9-21-11-12)6-3-8-18-13-4-1-2-5-14(13)22-16(18)20/h1-2,4-5,12H,3,6-11H2,(H,17,19)/t12-/m1/s1. The Balaban J connectivity index is 1.48. The van der Waals surface area contributed by atoms with E-state index in [1.807, 2.05) is 18.2 Å². The van der Waals surface area contributed by atoms with Crippen LogP contribution in [0.15, 0.2) is 33.5 Å². The molecule has 0 saturated carbocycles. The van der Waals surface area contributed by atoms with E-state index in [4.69, 9.17) is 9.15 Å². The van der Waals surface area contributed by atoms with Gasteiger partial charge in [0.05, 0.1) is 12.1 Å². The first-order valence-corrected chi connectivity index (χ1v) is 7.67. The molecule has 1 aromatic heterocycles. The molecule has 1 amide bonds. The summed E-state index contributed by atoms with van der Waals surface area (Å²) in [7, 11) is 0. The summed E-state index contributed by atoms with van der Waals surface area (Å²) in [6.07, 6.45) is 2.02. The zero-order valence-electron chi connectivity index (χ0n) is 12.4. The minimum absolute atomic E-state index is 0.0211. The number of carbonyl (C=O) groups excluding carboxylic acids is 1. The van der Waals surface area contributed by atoms with Gasteiger partial charge in [0.15, 0.2) is 5.58 Å². The summed E-state index contributed by atoms with van der Waals surface area (Å²) < 4.78 is 12.0. The number of amides is 1. The normalized spacial score (nSPS) is 17.9. The van der Waals surface area contributed by atoms with Crippen LogP contribution >= 0.6 is 0 Å². The van der Waals surface area contributed by atoms with Crippen molar-refractivity contribution >= 4 is 17.0 Å². The SMILES string of the molecule is O=C(CCCn1c(=O)oc2ccccc21)NC[C@H]1CCOC1. The summed E-state index contributed by atoms with van der Waals surface area (Å²) in [4.78, 5) is 23.6. The van der Waals surface area contributed by atoms with Crippen LogP contribution in [0.1, 0.15) is 19.3 Å². The second-order valence-electron chi connectivity index (χ2n) is 5.62. The molecule has 1 atom stereocenters. The molecule has 1 N–H and O–H groups in total. The summed E-state index contributed by atoms with van der Waals surface area (Å²) in [5.41, 5.74) is 1.36. The molecule has 6 nitrogen and oxygen atoms in total. The number of benzene rings is 1. The average molecular weight is 304 g/mol. The second kappa shape index (κ2) is 6.79. The zero-order valence-corrected chi connectivity index (χ0v) is 12.4. The van der Waals surface area contributed by atoms with Gasteiger partial charge in [-0.05, 0) is 25.0 Å². The van der Waals surface area contributed by atoms with Crippen molar-refractivity contribution in [3.05, 3.63) is 34.8 Å². The van der Waals surface area contributed by atoms with Gasteiger partial charge in [-0.3, -0.25) is 9.36 Å². The molecule has 1 saturated heterocycles. The number of aryl methyl sites for hydroxylation is 1. The monoisotopic (exact) mass is 304 g/mol. The molecule has 2 heterocycles. The van der Waals surface area contributed by atoms with Crippen molar-refractivity contribution in [3.8, 4) is 0 Å². The van der Waals surface area contributed by atoms with Gasteiger partial charge in [-0.15, -0.1) is 0 Å². The number of para-hydroxylation sites is 2. The number of aromatic nitrogens is 1. The van der Waals surface area contributed by atoms with Crippen molar-refractivity contribution in [1.29, 1.82) is 0 Å². The summed E-state index contributed by atoms with van der Waals surface area (Å²) in [6.45, 7) is 2.68. The molecule has 118 valence electrons. The van der Waals surface area contributed by atoms with Crippen molar-refractivity contribution in [3.63, 3.8) is 0 Å². The molecule has 0 radical (unpaired) electrons. The van der Waals surface area contributed by atoms with Crippen LogP contribution in [0.5, 0.6) is 0 Å². The molecule has 22 heavy (non-hydrogen) atoms. The van der Waals surface area contributed by atoms with E-state index in [0.29, 0.717) is 37.4 Å². The quantitative estimate of drug-likeness (QED) is 0.878. The van der Waals surface area contributed by atoms with Crippen molar-refractivity contribution < 1.29 is 13.9 Å². The van der Waals surface area contributed by atoms with Crippen molar-refractivity contribution in [2.75, 3.05) is 19.8 Å². The number of rotatable bonds is 6. The molecular weight excluding hydrogens is 284 g/mol. The third kappa shape index (κ3) is 3.39. The highest BCUT2D eigenvalue weighted by Gasteiger charge is 2.16. The minimum atomic E-state index is -0.371. The number of hydrogen-bond donors (Lipinski definition) is 1. The van der Waals surface area contributed by atoms with Gasteiger partial charge in [0.2, 0.25) is 5.91 Å². The van der Waals surface area contributed by atoms with Crippen LogP contribution in [-0.4, -0.2) is 30.2 Å². The molecule has 1 aliphatic rings. The Morgan fingerprint density at radius 1 is 1.36 bits per heavy atom. The van der Waals surface area contributed by atoms with E-state index in [-0.39, 0.29) is 11.7 Å². The van der Waals surface area contributed by atoms with Gasteiger partial charge in [-0.2, -0.15) is 0 Å². The second-order valence-corrected chi connectivity index (χ2v) is 5.62. The molecule has 1 fully saturated rings. The van der Waals surface area contributed by atoms with E-state index < -0.39 is 0 Å². The number of nitrogens with one attached hydrogen (secondary N) is 1. The largest absolute Gasteiger partial charge is 0.419 e. The molecule has 1 aromatic carbocycles. The Kier molecular flexibility index (Phi) is 4.58. The van der Waals surface area contributed by atoms with Gasteiger partial charge in [-0.1, -0.05) is 12.1 Å². The third-order valence-electron chi connectivity index (χ3n) is 3.97. The molecule has 0 spiro atoms. The van der Waals surface area contributed by atoms with E-state index in [2.05, 4.69) is 5.32 Å². The lowest BCUT2D eigenvalue weighted by Crippen LogP contribution is -2.29. The van der Waals surface area contributed by atoms with Gasteiger partial charge in [0.25, 0.3) is 0 Å². The Bertz CT molecular complexity index is 697. The number of nitrogens with zero attached hydrogens (tertiary/aromatic N) is 1. The van der Waals surface area contributed by atoms with Gasteiger partial charge in [0, 0.05) is 32.0 Å². The van der Waals surface area contributed by atoms with E-state index in [1.54, 1.807) is 10.6 Å². The van der Waals surface area contributed by atoms with Crippen LogP contribution in [-0.2, 0) is 16.1 Å². The first kappa shape index (κ1) is 14.8. The molecule has 1 aliphatic heterocycles. The highest BCUT2D eigenvalue weighted by atomic mass is 16.5. The molecule has 6 heteroatoms. The van der Waals surface area contributed by atoms with Crippen molar-refractivity contribution in [2.45, 2.75) is 25.8 Å². The highest BCUT2D eigenvalue weighted by Crippen LogP contribution is 2.13. The lowest BCUT2D eigenvalue weighted by Gasteiger charge is -2.09. The maximum atomic E-state index is 11.8. The number of oxazole rings is 1. The number of ether oxygens (including phenoxy) is 1. The highest BCUT2D eigenvalue weighted by molar-refractivity contribution is 5.76. The van der Waals surface area contributed by atoms with E-state index >= 15 is 0 Å². The van der Waals surface area contributed by atoms with Crippen LogP contribution < -0.4 is 11.1 Å². The Labute approximate surface area is 128 Å². The predicted octanol–water partition coefficient (Wildman–Crippen LogP) is 1.53. The smallest absolute Gasteiger partial charge is 0.408 e. The van der Waals surface area contributed by atoms with Gasteiger partial charge >= 0.3 is 5.76 Å². The van der Waals surface area contributed by atoms with Crippen LogP contribution in [0.3, 0.4) is 0 Å². The minimum Gasteiger partial charge on any atom is -0.408 e. The maximum Gasteiger partial charge on any atom is 0.419 e. The molecule has 0 bridgehead atoms. The van der Waals surface area contributed by atoms with Gasteiger partial charge < -0.3 is 14.5 Å². The van der Waals surface area contributed by atoms with Crippen LogP contribution in [0.4, 0.5) is 0 Å². The fourth-order valence-electron chi connectivity index (χ4n) is 2.71. The lowest BCUT2D eigenvalue weighted by molar-refractivity contribution is -0.121. The number of carbonyl (C=O) groups is 1. The lowest BCUT2D eigenvalue weighted by atomic mass is 10.1. The predicted molar refractivity (Wildman–Crippen MR) is 81.6 cm³/mol. The van der Waals surface area contributed by atoms with Crippen molar-refractivity contribution in [1.82, 2.24) is 9.88 Å². The fraction of sp³-hybridized carbons (Fsp3) is 0.500. The topological polar surface area (TPSA) is 73.5 Å². The van der Waals surface area contributed by atoms with Gasteiger partial charge in [-0.25, -0.2) is 4.79 Å². The summed E-state index contributed by atoms with van der Waals surface area (Å²) in [6, 6.07) is 7.31. The molecular formula is C16H20N2O4. The molecule has 3 rings (SSSR count). The number of fused-ring (bicyclic) bond motifs is 1. The fourth-order valence-corrected chi connectivity index (χ4v) is 2.71. The summed E-state index contributed by atoms with van der Waals surface area (Å²) >= 11 is 0. The molecule has 2 aromatic rings. The third-order valence-corrected chi connectivity index (χ3v) is 3.97.